The van der Waals surface area contributed by atoms with Crippen LogP contribution in [-0.4, -0.2) is 32.5 Å². The van der Waals surface area contributed by atoms with E-state index >= 15 is 0 Å². The molecule has 0 aliphatic carbocycles. The number of aromatic amines is 1. The maximum absolute atomic E-state index is 11.6. The molecule has 1 aromatic heterocycles. The molecule has 1 aliphatic rings. The highest BCUT2D eigenvalue weighted by molar-refractivity contribution is 5.03. The second-order valence-corrected chi connectivity index (χ2v) is 3.94. The van der Waals surface area contributed by atoms with Gasteiger partial charge in [0, 0.05) is 18.2 Å². The first-order valence-electron chi connectivity index (χ1n) is 5.16. The molecule has 3 N–H and O–H groups in total. The van der Waals surface area contributed by atoms with Crippen molar-refractivity contribution in [2.75, 3.05) is 6.61 Å². The number of H-pyrrole nitrogens is 1. The highest BCUT2D eigenvalue weighted by Gasteiger charge is 2.35. The quantitative estimate of drug-likeness (QED) is 0.579. The summed E-state index contributed by atoms with van der Waals surface area (Å²) in [5, 5.41) is 18.4. The summed E-state index contributed by atoms with van der Waals surface area (Å²) in [4.78, 5) is 24.9. The first kappa shape index (κ1) is 12.0. The van der Waals surface area contributed by atoms with Gasteiger partial charge >= 0.3 is 5.69 Å². The maximum atomic E-state index is 11.6. The van der Waals surface area contributed by atoms with Crippen molar-refractivity contribution >= 4 is 0 Å². The van der Waals surface area contributed by atoms with Gasteiger partial charge in [-0.05, 0) is 6.92 Å². The molecule has 1 aliphatic heterocycles. The van der Waals surface area contributed by atoms with Gasteiger partial charge in [-0.1, -0.05) is 0 Å². The molecular formula is C10H13N2O5. The van der Waals surface area contributed by atoms with Crippen LogP contribution in [0.15, 0.2) is 15.8 Å². The van der Waals surface area contributed by atoms with Gasteiger partial charge in [0.15, 0.2) is 0 Å². The minimum Gasteiger partial charge on any atom is -0.394 e. The Morgan fingerprint density at radius 3 is 2.88 bits per heavy atom. The van der Waals surface area contributed by atoms with Gasteiger partial charge in [-0.15, -0.1) is 0 Å². The molecular weight excluding hydrogens is 229 g/mol. The highest BCUT2D eigenvalue weighted by atomic mass is 16.6. The zero-order valence-electron chi connectivity index (χ0n) is 9.21. The second kappa shape index (κ2) is 4.44. The summed E-state index contributed by atoms with van der Waals surface area (Å²) in [7, 11) is 0. The molecule has 0 bridgehead atoms. The molecule has 7 heteroatoms. The average molecular weight is 242 g/mol. The molecule has 1 radical (unpaired) electrons. The summed E-state index contributed by atoms with van der Waals surface area (Å²) in [6.45, 7) is 1.22. The van der Waals surface area contributed by atoms with Crippen LogP contribution in [0.25, 0.3) is 0 Å². The Hall–Kier alpha value is -1.44. The molecule has 2 atom stereocenters. The third-order valence-corrected chi connectivity index (χ3v) is 2.70. The number of ether oxygens (including phenoxy) is 1. The molecule has 1 fully saturated rings. The van der Waals surface area contributed by atoms with E-state index in [4.69, 9.17) is 9.84 Å². The maximum Gasteiger partial charge on any atom is 0.330 e. The SMILES string of the molecule is Cc1cn(C2C[13C](O)C(CO)O2)c(=O)[nH]c1=O. The van der Waals surface area contributed by atoms with Crippen molar-refractivity contribution < 1.29 is 14.9 Å². The van der Waals surface area contributed by atoms with E-state index in [1.807, 2.05) is 0 Å². The zero-order valence-corrected chi connectivity index (χ0v) is 9.21. The number of aliphatic hydroxyl groups is 2. The Morgan fingerprint density at radius 2 is 2.29 bits per heavy atom. The molecule has 0 spiro atoms. The number of hydrogen-bond donors (Lipinski definition) is 3. The lowest BCUT2D eigenvalue weighted by Gasteiger charge is -2.14. The van der Waals surface area contributed by atoms with Crippen LogP contribution in [-0.2, 0) is 4.74 Å². The van der Waals surface area contributed by atoms with Crippen LogP contribution in [0, 0.1) is 13.0 Å². The van der Waals surface area contributed by atoms with Crippen molar-refractivity contribution in [3.05, 3.63) is 38.7 Å². The van der Waals surface area contributed by atoms with Crippen LogP contribution >= 0.6 is 0 Å². The van der Waals surface area contributed by atoms with E-state index in [0.29, 0.717) is 5.56 Å². The lowest BCUT2D eigenvalue weighted by atomic mass is 10.3. The van der Waals surface area contributed by atoms with Gasteiger partial charge in [0.05, 0.1) is 6.61 Å². The molecule has 2 unspecified atom stereocenters. The van der Waals surface area contributed by atoms with Crippen molar-refractivity contribution in [3.63, 3.8) is 0 Å². The van der Waals surface area contributed by atoms with Crippen molar-refractivity contribution in [2.24, 2.45) is 0 Å². The zero-order chi connectivity index (χ0) is 12.6. The number of aromatic nitrogens is 2. The van der Waals surface area contributed by atoms with Crippen molar-refractivity contribution in [2.45, 2.75) is 25.7 Å². The minimum atomic E-state index is -0.779. The summed E-state index contributed by atoms with van der Waals surface area (Å²) in [5.74, 6) is 0. The van der Waals surface area contributed by atoms with Gasteiger partial charge in [-0.2, -0.15) is 0 Å². The van der Waals surface area contributed by atoms with E-state index in [1.165, 1.54) is 10.8 Å². The van der Waals surface area contributed by atoms with Crippen molar-refractivity contribution in [1.29, 1.82) is 0 Å². The number of nitrogens with one attached hydrogen (secondary N) is 1. The number of aryl methyl sites for hydroxylation is 1. The summed E-state index contributed by atoms with van der Waals surface area (Å²) in [6, 6.07) is 0. The van der Waals surface area contributed by atoms with E-state index in [-0.39, 0.29) is 19.1 Å². The van der Waals surface area contributed by atoms with Crippen LogP contribution in [0.5, 0.6) is 0 Å². The number of rotatable bonds is 2. The molecule has 0 aromatic carbocycles. The fraction of sp³-hybridized carbons (Fsp3) is 0.500. The van der Waals surface area contributed by atoms with Crippen LogP contribution in [0.3, 0.4) is 0 Å². The van der Waals surface area contributed by atoms with Crippen LogP contribution in [0.1, 0.15) is 18.2 Å². The Kier molecular flexibility index (Phi) is 3.14. The molecule has 93 valence electrons. The second-order valence-electron chi connectivity index (χ2n) is 3.94. The molecule has 0 amide bonds. The first-order chi connectivity index (χ1) is 8.02. The summed E-state index contributed by atoms with van der Waals surface area (Å²) in [5.41, 5.74) is -0.673. The van der Waals surface area contributed by atoms with Gasteiger partial charge in [0.1, 0.15) is 18.4 Å². The summed E-state index contributed by atoms with van der Waals surface area (Å²) < 4.78 is 6.49. The average Bonchev–Trinajstić information content (AvgIpc) is 2.65. The summed E-state index contributed by atoms with van der Waals surface area (Å²) in [6.07, 6.45) is 0.0118. The Labute approximate surface area is 96.3 Å². The standard InChI is InChI=1S/C10H13N2O5/c1-5-3-12(10(16)11-9(5)15)8-2-6(14)7(4-13)17-8/h3,7-8,13-14H,2,4H2,1H3,(H,11,15,16)/i6+1. The summed E-state index contributed by atoms with van der Waals surface area (Å²) >= 11 is 0. The smallest absolute Gasteiger partial charge is 0.330 e. The fourth-order valence-electron chi connectivity index (χ4n) is 1.74. The predicted molar refractivity (Wildman–Crippen MR) is 56.9 cm³/mol. The van der Waals surface area contributed by atoms with E-state index in [0.717, 1.165) is 0 Å². The lowest BCUT2D eigenvalue weighted by Crippen LogP contribution is -2.33. The fourth-order valence-corrected chi connectivity index (χ4v) is 1.74. The number of aliphatic hydroxyl groups excluding tert-OH is 2. The Balaban J connectivity index is 2.34. The van der Waals surface area contributed by atoms with E-state index in [2.05, 4.69) is 4.98 Å². The molecule has 2 heterocycles. The lowest BCUT2D eigenvalue weighted by molar-refractivity contribution is -0.0307. The van der Waals surface area contributed by atoms with Crippen LogP contribution in [0.4, 0.5) is 0 Å². The monoisotopic (exact) mass is 242 g/mol. The van der Waals surface area contributed by atoms with E-state index in [9.17, 15) is 14.7 Å². The molecule has 2 rings (SSSR count). The number of nitrogens with zero attached hydrogens (tertiary/aromatic N) is 1. The molecule has 7 nitrogen and oxygen atoms in total. The van der Waals surface area contributed by atoms with Crippen molar-refractivity contribution in [1.82, 2.24) is 9.55 Å². The van der Waals surface area contributed by atoms with E-state index < -0.39 is 23.6 Å². The van der Waals surface area contributed by atoms with Crippen molar-refractivity contribution in [3.8, 4) is 0 Å². The molecule has 0 saturated carbocycles. The van der Waals surface area contributed by atoms with Crippen LogP contribution in [0.2, 0.25) is 0 Å². The van der Waals surface area contributed by atoms with Gasteiger partial charge in [0.25, 0.3) is 5.56 Å². The van der Waals surface area contributed by atoms with Crippen LogP contribution < -0.4 is 11.2 Å². The molecule has 1 aromatic rings. The number of hydrogen-bond acceptors (Lipinski definition) is 5. The largest absolute Gasteiger partial charge is 0.394 e. The third-order valence-electron chi connectivity index (χ3n) is 2.70. The molecule has 1 saturated heterocycles. The minimum absolute atomic E-state index is 0.00625. The normalized spacial score (nSPS) is 25.4. The molecule has 17 heavy (non-hydrogen) atoms. The highest BCUT2D eigenvalue weighted by Crippen LogP contribution is 2.31. The Bertz CT molecular complexity index is 520. The predicted octanol–water partition coefficient (Wildman–Crippen LogP) is -0.971. The first-order valence-corrected chi connectivity index (χ1v) is 5.16. The topological polar surface area (TPSA) is 105 Å². The van der Waals surface area contributed by atoms with E-state index in [1.54, 1.807) is 6.92 Å². The van der Waals surface area contributed by atoms with Gasteiger partial charge in [-0.25, -0.2) is 4.79 Å². The van der Waals surface area contributed by atoms with Gasteiger partial charge < -0.3 is 14.9 Å². The van der Waals surface area contributed by atoms with Gasteiger partial charge in [0.2, 0.25) is 0 Å². The van der Waals surface area contributed by atoms with Gasteiger partial charge in [-0.3, -0.25) is 14.3 Å². The Morgan fingerprint density at radius 1 is 1.59 bits per heavy atom. The third kappa shape index (κ3) is 2.17.